The summed E-state index contributed by atoms with van der Waals surface area (Å²) in [5.41, 5.74) is 1.48. The van der Waals surface area contributed by atoms with Crippen molar-refractivity contribution < 1.29 is 5.11 Å². The summed E-state index contributed by atoms with van der Waals surface area (Å²) in [6.07, 6.45) is 6.88. The smallest absolute Gasteiger partial charge is 0.0635 e. The third-order valence-electron chi connectivity index (χ3n) is 2.96. The number of terminal acetylenes is 1. The molecule has 2 nitrogen and oxygen atoms in total. The zero-order chi connectivity index (χ0) is 10.9. The Bertz CT molecular complexity index is 322. The fraction of sp³-hybridized carbons (Fsp3) is 0.500. The Morgan fingerprint density at radius 2 is 2.43 bits per heavy atom. The fourth-order valence-corrected chi connectivity index (χ4v) is 1.70. The number of aliphatic hydroxyl groups is 1. The van der Waals surface area contributed by atoms with Crippen LogP contribution in [0.3, 0.4) is 0 Å². The second-order valence-corrected chi connectivity index (χ2v) is 4.09. The van der Waals surface area contributed by atoms with Gasteiger partial charge in [-0.25, -0.2) is 0 Å². The van der Waals surface area contributed by atoms with Gasteiger partial charge in [0, 0.05) is 11.4 Å². The van der Waals surface area contributed by atoms with E-state index in [-0.39, 0.29) is 11.3 Å². The van der Waals surface area contributed by atoms with Gasteiger partial charge in [-0.05, 0) is 19.9 Å². The highest BCUT2D eigenvalue weighted by Gasteiger charge is 2.47. The van der Waals surface area contributed by atoms with Gasteiger partial charge in [-0.15, -0.1) is 6.42 Å². The summed E-state index contributed by atoms with van der Waals surface area (Å²) in [5.74, 6) is 2.67. The van der Waals surface area contributed by atoms with Crippen LogP contribution < -0.4 is 5.32 Å². The van der Waals surface area contributed by atoms with E-state index in [9.17, 15) is 5.11 Å². The predicted molar refractivity (Wildman–Crippen MR) is 58.1 cm³/mol. The second kappa shape index (κ2) is 3.51. The molecule has 3 atom stereocenters. The lowest BCUT2D eigenvalue weighted by Gasteiger charge is -2.46. The summed E-state index contributed by atoms with van der Waals surface area (Å²) < 4.78 is 0. The van der Waals surface area contributed by atoms with E-state index in [0.29, 0.717) is 0 Å². The highest BCUT2D eigenvalue weighted by atomic mass is 16.3. The Balaban J connectivity index is 2.90. The maximum atomic E-state index is 9.71. The zero-order valence-electron chi connectivity index (χ0n) is 8.96. The van der Waals surface area contributed by atoms with E-state index < -0.39 is 6.10 Å². The van der Waals surface area contributed by atoms with Gasteiger partial charge in [-0.2, -0.15) is 0 Å². The zero-order valence-corrected chi connectivity index (χ0v) is 8.96. The average Bonchev–Trinajstić information content (AvgIpc) is 2.09. The Morgan fingerprint density at radius 1 is 1.86 bits per heavy atom. The lowest BCUT2D eigenvalue weighted by atomic mass is 9.62. The first kappa shape index (κ1) is 10.9. The summed E-state index contributed by atoms with van der Waals surface area (Å²) in [6, 6.07) is 0. The van der Waals surface area contributed by atoms with Crippen molar-refractivity contribution in [3.63, 3.8) is 0 Å². The van der Waals surface area contributed by atoms with Crippen LogP contribution in [-0.4, -0.2) is 11.2 Å². The minimum atomic E-state index is -0.463. The maximum Gasteiger partial charge on any atom is 0.0635 e. The van der Waals surface area contributed by atoms with E-state index >= 15 is 0 Å². The molecule has 0 aromatic heterocycles. The van der Waals surface area contributed by atoms with Gasteiger partial charge in [0.15, 0.2) is 0 Å². The monoisotopic (exact) mass is 191 g/mol. The van der Waals surface area contributed by atoms with E-state index in [1.54, 1.807) is 6.92 Å². The molecule has 76 valence electrons. The van der Waals surface area contributed by atoms with Crippen LogP contribution in [-0.2, 0) is 0 Å². The van der Waals surface area contributed by atoms with Crippen LogP contribution in [0, 0.1) is 23.7 Å². The minimum absolute atomic E-state index is 0.00403. The molecule has 1 aliphatic carbocycles. The van der Waals surface area contributed by atoms with E-state index in [0.717, 1.165) is 11.4 Å². The molecule has 1 rings (SSSR count). The molecule has 0 bridgehead atoms. The molecular weight excluding hydrogens is 174 g/mol. The maximum absolute atomic E-state index is 9.71. The van der Waals surface area contributed by atoms with Crippen molar-refractivity contribution in [2.75, 3.05) is 0 Å². The van der Waals surface area contributed by atoms with E-state index in [1.807, 2.05) is 19.9 Å². The molecular formula is C12H17NO. The Morgan fingerprint density at radius 3 is 2.79 bits per heavy atom. The van der Waals surface area contributed by atoms with Crippen molar-refractivity contribution in [3.05, 3.63) is 24.0 Å². The van der Waals surface area contributed by atoms with Crippen molar-refractivity contribution in [1.82, 2.24) is 5.32 Å². The van der Waals surface area contributed by atoms with Crippen LogP contribution in [0.15, 0.2) is 24.0 Å². The van der Waals surface area contributed by atoms with Gasteiger partial charge < -0.3 is 10.4 Å². The summed E-state index contributed by atoms with van der Waals surface area (Å²) >= 11 is 0. The van der Waals surface area contributed by atoms with Gasteiger partial charge in [0.2, 0.25) is 0 Å². The summed E-state index contributed by atoms with van der Waals surface area (Å²) in [6.45, 7) is 9.38. The van der Waals surface area contributed by atoms with E-state index in [2.05, 4.69) is 17.8 Å². The van der Waals surface area contributed by atoms with Crippen LogP contribution >= 0.6 is 0 Å². The number of allylic oxidation sites excluding steroid dienone is 2. The molecule has 0 saturated carbocycles. The van der Waals surface area contributed by atoms with Crippen molar-refractivity contribution >= 4 is 0 Å². The van der Waals surface area contributed by atoms with Crippen LogP contribution in [0.5, 0.6) is 0 Å². The average molecular weight is 191 g/mol. The SMILES string of the molecule is C#C[C@H]1C=C(NC(=C)C)[C@@]1(C)C(C)O. The van der Waals surface area contributed by atoms with E-state index in [4.69, 9.17) is 6.42 Å². The molecule has 0 fully saturated rings. The van der Waals surface area contributed by atoms with Gasteiger partial charge in [-0.3, -0.25) is 0 Å². The number of rotatable bonds is 3. The lowest BCUT2D eigenvalue weighted by Crippen LogP contribution is -2.48. The van der Waals surface area contributed by atoms with Crippen LogP contribution in [0.1, 0.15) is 20.8 Å². The topological polar surface area (TPSA) is 32.3 Å². The Hall–Kier alpha value is -1.20. The molecule has 0 amide bonds. The molecule has 0 radical (unpaired) electrons. The number of hydrogen-bond acceptors (Lipinski definition) is 2. The standard InChI is InChI=1S/C12H17NO/c1-6-10-7-11(13-8(2)3)12(10,5)9(4)14/h1,7,9-10,13-14H,2H2,3-5H3/t9?,10-,12-/m0/s1. The van der Waals surface area contributed by atoms with Crippen molar-refractivity contribution in [2.45, 2.75) is 26.9 Å². The molecule has 0 saturated heterocycles. The highest BCUT2D eigenvalue weighted by Crippen LogP contribution is 2.47. The molecule has 2 N–H and O–H groups in total. The number of nitrogens with one attached hydrogen (secondary N) is 1. The fourth-order valence-electron chi connectivity index (χ4n) is 1.70. The predicted octanol–water partition coefficient (Wildman–Crippen LogP) is 1.64. The van der Waals surface area contributed by atoms with Gasteiger partial charge in [0.25, 0.3) is 0 Å². The Kier molecular flexibility index (Phi) is 2.73. The molecule has 0 spiro atoms. The highest BCUT2D eigenvalue weighted by molar-refractivity contribution is 5.37. The first-order chi connectivity index (χ1) is 6.42. The first-order valence-electron chi connectivity index (χ1n) is 4.72. The third kappa shape index (κ3) is 1.44. The molecule has 1 aliphatic rings. The van der Waals surface area contributed by atoms with Crippen molar-refractivity contribution in [1.29, 1.82) is 0 Å². The minimum Gasteiger partial charge on any atom is -0.392 e. The van der Waals surface area contributed by atoms with Crippen molar-refractivity contribution in [2.24, 2.45) is 11.3 Å². The molecule has 0 aliphatic heterocycles. The second-order valence-electron chi connectivity index (χ2n) is 4.09. The molecule has 0 aromatic carbocycles. The normalized spacial score (nSPS) is 32.2. The number of hydrogen-bond donors (Lipinski definition) is 2. The van der Waals surface area contributed by atoms with Crippen LogP contribution in [0.25, 0.3) is 0 Å². The number of aliphatic hydroxyl groups excluding tert-OH is 1. The van der Waals surface area contributed by atoms with Gasteiger partial charge in [0.05, 0.1) is 17.4 Å². The molecule has 1 unspecified atom stereocenters. The van der Waals surface area contributed by atoms with Gasteiger partial charge in [0.1, 0.15) is 0 Å². The summed E-state index contributed by atoms with van der Waals surface area (Å²) in [5, 5.41) is 12.8. The summed E-state index contributed by atoms with van der Waals surface area (Å²) in [7, 11) is 0. The van der Waals surface area contributed by atoms with Crippen molar-refractivity contribution in [3.8, 4) is 12.3 Å². The molecule has 14 heavy (non-hydrogen) atoms. The molecule has 0 heterocycles. The largest absolute Gasteiger partial charge is 0.392 e. The van der Waals surface area contributed by atoms with Gasteiger partial charge in [-0.1, -0.05) is 19.4 Å². The molecule has 0 aromatic rings. The van der Waals surface area contributed by atoms with Gasteiger partial charge >= 0.3 is 0 Å². The van der Waals surface area contributed by atoms with Crippen LogP contribution in [0.4, 0.5) is 0 Å². The third-order valence-corrected chi connectivity index (χ3v) is 2.96. The van der Waals surface area contributed by atoms with E-state index in [1.165, 1.54) is 0 Å². The molecule has 2 heteroatoms. The first-order valence-corrected chi connectivity index (χ1v) is 4.72. The summed E-state index contributed by atoms with van der Waals surface area (Å²) in [4.78, 5) is 0. The lowest BCUT2D eigenvalue weighted by molar-refractivity contribution is 0.0419. The Labute approximate surface area is 85.7 Å². The van der Waals surface area contributed by atoms with Crippen LogP contribution in [0.2, 0.25) is 0 Å². The quantitative estimate of drug-likeness (QED) is 0.665.